The highest BCUT2D eigenvalue weighted by molar-refractivity contribution is 7.86. The predicted octanol–water partition coefficient (Wildman–Crippen LogP) is 8.07. The molecule has 53 heavy (non-hydrogen) atoms. The number of hydrogen-bond acceptors (Lipinski definition) is 12. The van der Waals surface area contributed by atoms with E-state index in [4.69, 9.17) is 5.11 Å². The number of nitrogens with one attached hydrogen (secondary N) is 2. The van der Waals surface area contributed by atoms with Crippen LogP contribution in [-0.4, -0.2) is 53.3 Å². The Labute approximate surface area is 299 Å². The number of urea groups is 1. The zero-order valence-electron chi connectivity index (χ0n) is 26.6. The first-order chi connectivity index (χ1) is 25.1. The van der Waals surface area contributed by atoms with Crippen molar-refractivity contribution in [1.82, 2.24) is 0 Å². The van der Waals surface area contributed by atoms with E-state index < -0.39 is 64.9 Å². The van der Waals surface area contributed by atoms with Gasteiger partial charge in [-0.1, -0.05) is 24.3 Å². The standard InChI is InChI=1S/C34H24N6O11S2/c41-27-16-19-14-24(11-13-26(19)32(53(49,50)51)29(27)39-37-21-4-2-1-3-5-21)36-34(45)35-23-10-12-25-20(15-23)17-28(52(46,47)48)30(31(25)42)40-38-22-8-6-18(7-9-22)33(43)44/h1-17,41-42H,(H,43,44)(H2,35,36,45)(H,46,47,48)(H,49,50,51). The topological polar surface area (TPSA) is 277 Å². The molecule has 7 N–H and O–H groups in total. The number of fused-ring (bicyclic) bond motifs is 2. The van der Waals surface area contributed by atoms with Crippen LogP contribution in [0.1, 0.15) is 10.4 Å². The first kappa shape index (κ1) is 36.0. The molecule has 6 aromatic rings. The second-order valence-electron chi connectivity index (χ2n) is 11.1. The number of amides is 2. The number of benzene rings is 6. The van der Waals surface area contributed by atoms with Gasteiger partial charge in [0, 0.05) is 22.1 Å². The van der Waals surface area contributed by atoms with Crippen LogP contribution in [0.15, 0.2) is 133 Å². The maximum Gasteiger partial charge on any atom is 0.335 e. The molecule has 17 nitrogen and oxygen atoms in total. The van der Waals surface area contributed by atoms with E-state index >= 15 is 0 Å². The molecule has 0 unspecified atom stereocenters. The van der Waals surface area contributed by atoms with Crippen LogP contribution in [0.2, 0.25) is 0 Å². The molecule has 0 saturated carbocycles. The first-order valence-corrected chi connectivity index (χ1v) is 17.8. The fourth-order valence-corrected chi connectivity index (χ4v) is 6.69. The summed E-state index contributed by atoms with van der Waals surface area (Å²) in [6.45, 7) is 0. The van der Waals surface area contributed by atoms with Gasteiger partial charge in [0.2, 0.25) is 0 Å². The summed E-state index contributed by atoms with van der Waals surface area (Å²) in [5, 5.41) is 51.4. The van der Waals surface area contributed by atoms with Gasteiger partial charge in [-0.25, -0.2) is 9.59 Å². The Balaban J connectivity index is 1.27. The molecule has 0 atom stereocenters. The summed E-state index contributed by atoms with van der Waals surface area (Å²) in [6, 6.07) is 22.7. The van der Waals surface area contributed by atoms with E-state index in [9.17, 15) is 45.7 Å². The summed E-state index contributed by atoms with van der Waals surface area (Å²) in [6.07, 6.45) is 0. The number of azo groups is 2. The number of carboxylic acid groups (broad SMARTS) is 1. The third-order valence-corrected chi connectivity index (χ3v) is 9.35. The zero-order chi connectivity index (χ0) is 38.1. The lowest BCUT2D eigenvalue weighted by molar-refractivity contribution is 0.0696. The fraction of sp³-hybridized carbons (Fsp3) is 0. The largest absolute Gasteiger partial charge is 0.506 e. The van der Waals surface area contributed by atoms with Crippen molar-refractivity contribution < 1.29 is 50.8 Å². The summed E-state index contributed by atoms with van der Waals surface area (Å²) >= 11 is 0. The SMILES string of the molecule is O=C(Nc1ccc2c(O)c(N=Nc3ccc(C(=O)O)cc3)c(S(=O)(=O)O)cc2c1)Nc1ccc2c(S(=O)(=O)O)c(N=Nc3ccccc3)c(O)cc2c1. The lowest BCUT2D eigenvalue weighted by Gasteiger charge is -2.13. The van der Waals surface area contributed by atoms with E-state index in [2.05, 4.69) is 31.1 Å². The Morgan fingerprint density at radius 1 is 0.585 bits per heavy atom. The molecular formula is C34H24N6O11S2. The second-order valence-corrected chi connectivity index (χ2v) is 13.9. The highest BCUT2D eigenvalue weighted by Crippen LogP contribution is 2.43. The smallest absolute Gasteiger partial charge is 0.335 e. The highest BCUT2D eigenvalue weighted by atomic mass is 32.2. The number of carboxylic acids is 1. The molecule has 6 rings (SSSR count). The molecule has 0 bridgehead atoms. The lowest BCUT2D eigenvalue weighted by atomic mass is 10.1. The monoisotopic (exact) mass is 756 g/mol. The number of anilines is 2. The van der Waals surface area contributed by atoms with Crippen LogP contribution >= 0.6 is 0 Å². The van der Waals surface area contributed by atoms with Gasteiger partial charge in [0.25, 0.3) is 20.2 Å². The number of aromatic hydroxyl groups is 2. The summed E-state index contributed by atoms with van der Waals surface area (Å²) in [7, 11) is -9.91. The molecule has 0 spiro atoms. The number of hydrogen-bond donors (Lipinski definition) is 7. The van der Waals surface area contributed by atoms with Crippen LogP contribution in [-0.2, 0) is 20.2 Å². The molecule has 0 aliphatic heterocycles. The number of carbonyl (C=O) groups excluding carboxylic acids is 1. The summed E-state index contributed by atoms with van der Waals surface area (Å²) in [5.41, 5.74) is -0.387. The van der Waals surface area contributed by atoms with Crippen LogP contribution in [0, 0.1) is 0 Å². The lowest BCUT2D eigenvalue weighted by Crippen LogP contribution is -2.19. The number of phenolic OH excluding ortho intramolecular Hbond substituents is 2. The quantitative estimate of drug-likeness (QED) is 0.0547. The zero-order valence-corrected chi connectivity index (χ0v) is 28.2. The minimum absolute atomic E-state index is 0.0292. The summed E-state index contributed by atoms with van der Waals surface area (Å²) < 4.78 is 69.3. The average Bonchev–Trinajstić information content (AvgIpc) is 3.09. The third-order valence-electron chi connectivity index (χ3n) is 7.55. The number of phenols is 2. The Morgan fingerprint density at radius 2 is 1.13 bits per heavy atom. The minimum Gasteiger partial charge on any atom is -0.506 e. The molecule has 0 aliphatic carbocycles. The van der Waals surface area contributed by atoms with Gasteiger partial charge in [0.1, 0.15) is 26.9 Å². The van der Waals surface area contributed by atoms with Gasteiger partial charge in [-0.2, -0.15) is 27.1 Å². The van der Waals surface area contributed by atoms with Crippen molar-refractivity contribution in [3.63, 3.8) is 0 Å². The van der Waals surface area contributed by atoms with Crippen molar-refractivity contribution in [2.75, 3.05) is 10.6 Å². The van der Waals surface area contributed by atoms with Gasteiger partial charge in [-0.15, -0.1) is 10.2 Å². The molecule has 19 heteroatoms. The van der Waals surface area contributed by atoms with E-state index in [1.54, 1.807) is 30.3 Å². The molecule has 6 aromatic carbocycles. The first-order valence-electron chi connectivity index (χ1n) is 14.9. The van der Waals surface area contributed by atoms with Gasteiger partial charge in [-0.3, -0.25) is 9.11 Å². The second kappa shape index (κ2) is 14.1. The van der Waals surface area contributed by atoms with Crippen LogP contribution in [0.3, 0.4) is 0 Å². The molecular weight excluding hydrogens is 733 g/mol. The summed E-state index contributed by atoms with van der Waals surface area (Å²) in [4.78, 5) is 22.5. The molecule has 0 fully saturated rings. The predicted molar refractivity (Wildman–Crippen MR) is 192 cm³/mol. The van der Waals surface area contributed by atoms with Gasteiger partial charge >= 0.3 is 12.0 Å². The molecule has 0 heterocycles. The van der Waals surface area contributed by atoms with Crippen molar-refractivity contribution in [1.29, 1.82) is 0 Å². The molecule has 0 radical (unpaired) electrons. The van der Waals surface area contributed by atoms with Crippen LogP contribution in [0.5, 0.6) is 11.5 Å². The maximum atomic E-state index is 13.0. The van der Waals surface area contributed by atoms with Gasteiger partial charge in [-0.05, 0) is 89.6 Å². The van der Waals surface area contributed by atoms with E-state index in [0.29, 0.717) is 5.69 Å². The molecule has 0 saturated heterocycles. The van der Waals surface area contributed by atoms with Crippen molar-refractivity contribution in [3.8, 4) is 11.5 Å². The van der Waals surface area contributed by atoms with Crippen LogP contribution < -0.4 is 10.6 Å². The van der Waals surface area contributed by atoms with Crippen molar-refractivity contribution in [3.05, 3.63) is 109 Å². The normalized spacial score (nSPS) is 12.1. The number of nitrogens with zero attached hydrogens (tertiary/aromatic N) is 4. The molecule has 2 amide bonds. The number of aromatic carboxylic acids is 1. The highest BCUT2D eigenvalue weighted by Gasteiger charge is 2.25. The number of carbonyl (C=O) groups is 2. The third kappa shape index (κ3) is 7.92. The van der Waals surface area contributed by atoms with Gasteiger partial charge in [0.05, 0.1) is 16.9 Å². The Bertz CT molecular complexity index is 2740. The summed E-state index contributed by atoms with van der Waals surface area (Å²) in [5.74, 6) is -2.45. The minimum atomic E-state index is -4.97. The van der Waals surface area contributed by atoms with E-state index in [1.165, 1.54) is 66.7 Å². The number of rotatable bonds is 9. The Hall–Kier alpha value is -6.80. The molecule has 0 aromatic heterocycles. The van der Waals surface area contributed by atoms with Crippen molar-refractivity contribution in [2.45, 2.75) is 9.79 Å². The van der Waals surface area contributed by atoms with Crippen molar-refractivity contribution in [2.24, 2.45) is 20.5 Å². The van der Waals surface area contributed by atoms with E-state index in [0.717, 1.165) is 6.07 Å². The average molecular weight is 757 g/mol. The maximum absolute atomic E-state index is 13.0. The molecule has 268 valence electrons. The fourth-order valence-electron chi connectivity index (χ4n) is 5.18. The Morgan fingerprint density at radius 3 is 1.70 bits per heavy atom. The van der Waals surface area contributed by atoms with Gasteiger partial charge < -0.3 is 26.0 Å². The van der Waals surface area contributed by atoms with Crippen molar-refractivity contribution >= 4 is 87.9 Å². The van der Waals surface area contributed by atoms with E-state index in [1.807, 2.05) is 0 Å². The van der Waals surface area contributed by atoms with Crippen LogP contribution in [0.4, 0.5) is 38.9 Å². The Kier molecular flexibility index (Phi) is 9.56. The van der Waals surface area contributed by atoms with Gasteiger partial charge in [0.15, 0.2) is 5.75 Å². The van der Waals surface area contributed by atoms with Crippen LogP contribution in [0.25, 0.3) is 21.5 Å². The molecule has 0 aliphatic rings. The van der Waals surface area contributed by atoms with E-state index in [-0.39, 0.29) is 44.2 Å².